The molecule has 116 valence electrons. The first-order valence-corrected chi connectivity index (χ1v) is 7.45. The van der Waals surface area contributed by atoms with E-state index in [-0.39, 0.29) is 6.61 Å². The second-order valence-corrected chi connectivity index (χ2v) is 5.00. The van der Waals surface area contributed by atoms with Crippen LogP contribution >= 0.6 is 0 Å². The Morgan fingerprint density at radius 3 is 2.62 bits per heavy atom. The van der Waals surface area contributed by atoms with Crippen LogP contribution in [0.1, 0.15) is 0 Å². The van der Waals surface area contributed by atoms with Gasteiger partial charge in [0.1, 0.15) is 19.0 Å². The van der Waals surface area contributed by atoms with Gasteiger partial charge in [0.25, 0.3) is 0 Å². The number of hydrogen-bond donors (Lipinski definition) is 1. The monoisotopic (exact) mass is 293 g/mol. The highest BCUT2D eigenvalue weighted by atomic mass is 19.1. The number of anilines is 1. The van der Waals surface area contributed by atoms with Crippen molar-refractivity contribution in [2.45, 2.75) is 0 Å². The van der Waals surface area contributed by atoms with Crippen LogP contribution in [0, 0.1) is 0 Å². The van der Waals surface area contributed by atoms with Crippen LogP contribution in [0.2, 0.25) is 0 Å². The first-order valence-electron chi connectivity index (χ1n) is 7.45. The van der Waals surface area contributed by atoms with Crippen LogP contribution in [-0.2, 0) is 0 Å². The summed E-state index contributed by atoms with van der Waals surface area (Å²) < 4.78 is 17.8. The van der Waals surface area contributed by atoms with E-state index >= 15 is 0 Å². The van der Waals surface area contributed by atoms with Crippen molar-refractivity contribution in [3.05, 3.63) is 36.4 Å². The number of ether oxygens (including phenoxy) is 1. The van der Waals surface area contributed by atoms with Gasteiger partial charge in [-0.2, -0.15) is 0 Å². The highest BCUT2D eigenvalue weighted by Gasteiger charge is 2.18. The van der Waals surface area contributed by atoms with Gasteiger partial charge < -0.3 is 15.4 Å². The summed E-state index contributed by atoms with van der Waals surface area (Å²) in [6.07, 6.45) is 4.11. The van der Waals surface area contributed by atoms with Crippen LogP contribution in [0.3, 0.4) is 0 Å². The standard InChI is InChI=1S/C16H24FN3O/c17-7-14-21-16-6-2-1-5-15(16)20-12-10-19(11-13-20)9-4-3-8-18/h1-6H,7-14,18H2/b4-3+. The number of hydrogen-bond acceptors (Lipinski definition) is 4. The molecule has 1 heterocycles. The van der Waals surface area contributed by atoms with Gasteiger partial charge in [-0.15, -0.1) is 0 Å². The van der Waals surface area contributed by atoms with E-state index in [0.717, 1.165) is 44.2 Å². The highest BCUT2D eigenvalue weighted by molar-refractivity contribution is 5.58. The van der Waals surface area contributed by atoms with Crippen molar-refractivity contribution >= 4 is 5.69 Å². The van der Waals surface area contributed by atoms with E-state index < -0.39 is 6.67 Å². The third-order valence-corrected chi connectivity index (χ3v) is 3.58. The number of alkyl halides is 1. The first kappa shape index (κ1) is 15.8. The number of piperazine rings is 1. The second kappa shape index (κ2) is 8.64. The Labute approximate surface area is 126 Å². The van der Waals surface area contributed by atoms with Crippen molar-refractivity contribution in [3.63, 3.8) is 0 Å². The van der Waals surface area contributed by atoms with Crippen molar-refractivity contribution in [1.29, 1.82) is 0 Å². The predicted molar refractivity (Wildman–Crippen MR) is 84.8 cm³/mol. The zero-order valence-corrected chi connectivity index (χ0v) is 12.4. The largest absolute Gasteiger partial charge is 0.489 e. The smallest absolute Gasteiger partial charge is 0.142 e. The van der Waals surface area contributed by atoms with E-state index in [2.05, 4.69) is 15.9 Å². The average Bonchev–Trinajstić information content (AvgIpc) is 2.54. The highest BCUT2D eigenvalue weighted by Crippen LogP contribution is 2.28. The molecule has 2 N–H and O–H groups in total. The van der Waals surface area contributed by atoms with Crippen molar-refractivity contribution < 1.29 is 9.13 Å². The Morgan fingerprint density at radius 2 is 1.90 bits per heavy atom. The molecule has 0 spiro atoms. The third-order valence-electron chi connectivity index (χ3n) is 3.58. The number of nitrogens with two attached hydrogens (primary N) is 1. The van der Waals surface area contributed by atoms with Crippen LogP contribution < -0.4 is 15.4 Å². The SMILES string of the molecule is NC/C=C/CN1CCN(c2ccccc2OCCF)CC1. The zero-order chi connectivity index (χ0) is 14.9. The lowest BCUT2D eigenvalue weighted by Gasteiger charge is -2.36. The van der Waals surface area contributed by atoms with Crippen LogP contribution in [-0.4, -0.2) is 57.4 Å². The molecule has 1 aromatic rings. The van der Waals surface area contributed by atoms with Crippen LogP contribution in [0.15, 0.2) is 36.4 Å². The van der Waals surface area contributed by atoms with Gasteiger partial charge in [-0.3, -0.25) is 4.90 Å². The fourth-order valence-electron chi connectivity index (χ4n) is 2.48. The molecular weight excluding hydrogens is 269 g/mol. The predicted octanol–water partition coefficient (Wildman–Crippen LogP) is 1.67. The van der Waals surface area contributed by atoms with Crippen LogP contribution in [0.25, 0.3) is 0 Å². The van der Waals surface area contributed by atoms with E-state index in [1.807, 2.05) is 30.3 Å². The van der Waals surface area contributed by atoms with Crippen molar-refractivity contribution in [2.24, 2.45) is 5.73 Å². The number of nitrogens with zero attached hydrogens (tertiary/aromatic N) is 2. The minimum Gasteiger partial charge on any atom is -0.489 e. The van der Waals surface area contributed by atoms with Gasteiger partial charge in [0.05, 0.1) is 5.69 Å². The molecule has 0 unspecified atom stereocenters. The van der Waals surface area contributed by atoms with Crippen LogP contribution in [0.4, 0.5) is 10.1 Å². The lowest BCUT2D eigenvalue weighted by Crippen LogP contribution is -2.46. The molecule has 2 rings (SSSR count). The number of halogens is 1. The summed E-state index contributed by atoms with van der Waals surface area (Å²) >= 11 is 0. The molecule has 0 amide bonds. The third kappa shape index (κ3) is 4.72. The maximum absolute atomic E-state index is 12.3. The summed E-state index contributed by atoms with van der Waals surface area (Å²) in [6, 6.07) is 7.86. The Bertz CT molecular complexity index is 445. The molecule has 4 nitrogen and oxygen atoms in total. The topological polar surface area (TPSA) is 41.7 Å². The van der Waals surface area contributed by atoms with Gasteiger partial charge in [0.15, 0.2) is 0 Å². The fraction of sp³-hybridized carbons (Fsp3) is 0.500. The van der Waals surface area contributed by atoms with E-state index in [1.54, 1.807) is 0 Å². The molecule has 0 atom stereocenters. The second-order valence-electron chi connectivity index (χ2n) is 5.00. The number of para-hydroxylation sites is 2. The molecule has 0 aromatic heterocycles. The normalized spacial score (nSPS) is 16.6. The quantitative estimate of drug-likeness (QED) is 0.777. The summed E-state index contributed by atoms with van der Waals surface area (Å²) in [6.45, 7) is 5.11. The van der Waals surface area contributed by atoms with E-state index in [1.165, 1.54) is 0 Å². The summed E-state index contributed by atoms with van der Waals surface area (Å²) in [5, 5.41) is 0. The first-order chi connectivity index (χ1) is 10.3. The summed E-state index contributed by atoms with van der Waals surface area (Å²) in [5.74, 6) is 0.770. The molecule has 0 saturated carbocycles. The maximum Gasteiger partial charge on any atom is 0.142 e. The van der Waals surface area contributed by atoms with Gasteiger partial charge in [-0.25, -0.2) is 4.39 Å². The summed E-state index contributed by atoms with van der Waals surface area (Å²) in [4.78, 5) is 4.70. The maximum atomic E-state index is 12.3. The van der Waals surface area contributed by atoms with Crippen molar-refractivity contribution in [1.82, 2.24) is 4.90 Å². The fourth-order valence-corrected chi connectivity index (χ4v) is 2.48. The van der Waals surface area contributed by atoms with Crippen molar-refractivity contribution in [2.75, 3.05) is 57.4 Å². The minimum absolute atomic E-state index is 0.112. The number of benzene rings is 1. The Kier molecular flexibility index (Phi) is 6.50. The van der Waals surface area contributed by atoms with Gasteiger partial charge in [-0.05, 0) is 12.1 Å². The molecule has 5 heteroatoms. The molecule has 1 fully saturated rings. The molecule has 0 aliphatic carbocycles. The Morgan fingerprint density at radius 1 is 1.14 bits per heavy atom. The average molecular weight is 293 g/mol. The van der Waals surface area contributed by atoms with Crippen LogP contribution in [0.5, 0.6) is 5.75 Å². The molecule has 1 saturated heterocycles. The van der Waals surface area contributed by atoms with Gasteiger partial charge in [0, 0.05) is 39.3 Å². The van der Waals surface area contributed by atoms with Gasteiger partial charge in [0.2, 0.25) is 0 Å². The molecule has 0 bridgehead atoms. The summed E-state index contributed by atoms with van der Waals surface area (Å²) in [7, 11) is 0. The van der Waals surface area contributed by atoms with E-state index in [9.17, 15) is 4.39 Å². The molecule has 1 aliphatic heterocycles. The lowest BCUT2D eigenvalue weighted by molar-refractivity contribution is 0.267. The van der Waals surface area contributed by atoms with E-state index in [0.29, 0.717) is 6.54 Å². The lowest BCUT2D eigenvalue weighted by atomic mass is 10.2. The summed E-state index contributed by atoms with van der Waals surface area (Å²) in [5.41, 5.74) is 6.50. The molecule has 1 aliphatic rings. The molecule has 21 heavy (non-hydrogen) atoms. The number of rotatable bonds is 7. The van der Waals surface area contributed by atoms with E-state index in [4.69, 9.17) is 10.5 Å². The molecule has 0 radical (unpaired) electrons. The van der Waals surface area contributed by atoms with Gasteiger partial charge >= 0.3 is 0 Å². The Balaban J connectivity index is 1.91. The van der Waals surface area contributed by atoms with Gasteiger partial charge in [-0.1, -0.05) is 24.3 Å². The minimum atomic E-state index is -0.463. The zero-order valence-electron chi connectivity index (χ0n) is 12.4. The molecular formula is C16H24FN3O. The molecule has 1 aromatic carbocycles. The van der Waals surface area contributed by atoms with Crippen molar-refractivity contribution in [3.8, 4) is 5.75 Å². The Hall–Kier alpha value is -1.59.